The third kappa shape index (κ3) is 2.04. The molecule has 4 heteroatoms. The minimum atomic E-state index is -0.640. The predicted molar refractivity (Wildman–Crippen MR) is 36.5 cm³/mol. The van der Waals surface area contributed by atoms with E-state index in [0.29, 0.717) is 12.4 Å². The molecular weight excluding hydrogens is 138 g/mol. The fourth-order valence-corrected chi connectivity index (χ4v) is 2.14. The smallest absolute Gasteiger partial charge is 0.0749 e. The molecule has 0 amide bonds. The number of hydrogen-bond acceptors (Lipinski definition) is 3. The molecule has 9 heavy (non-hydrogen) atoms. The zero-order valence-electron chi connectivity index (χ0n) is 5.25. The van der Waals surface area contributed by atoms with Gasteiger partial charge in [0.25, 0.3) is 0 Å². The Balaban J connectivity index is 2.22. The van der Waals surface area contributed by atoms with Gasteiger partial charge in [-0.2, -0.15) is 0 Å². The van der Waals surface area contributed by atoms with Crippen LogP contribution in [0.2, 0.25) is 0 Å². The van der Waals surface area contributed by atoms with Crippen molar-refractivity contribution in [3.63, 3.8) is 0 Å². The van der Waals surface area contributed by atoms with E-state index in [1.54, 1.807) is 0 Å². The maximum Gasteiger partial charge on any atom is 0.0749 e. The van der Waals surface area contributed by atoms with Gasteiger partial charge in [-0.3, -0.25) is 9.11 Å². The molecule has 54 valence electrons. The minimum absolute atomic E-state index is 0.178. The van der Waals surface area contributed by atoms with Crippen LogP contribution in [0, 0.1) is 0 Å². The van der Waals surface area contributed by atoms with E-state index in [-0.39, 0.29) is 6.61 Å². The van der Waals surface area contributed by atoms with Crippen LogP contribution in [0.15, 0.2) is 0 Å². The number of nitrogens with zero attached hydrogens (tertiary/aromatic N) is 1. The molecule has 0 spiro atoms. The minimum Gasteiger partial charge on any atom is -0.395 e. The van der Waals surface area contributed by atoms with Gasteiger partial charge in [0, 0.05) is 29.6 Å². The van der Waals surface area contributed by atoms with E-state index >= 15 is 0 Å². The summed E-state index contributed by atoms with van der Waals surface area (Å²) in [5.74, 6) is 1.43. The first-order valence-electron chi connectivity index (χ1n) is 3.01. The zero-order valence-corrected chi connectivity index (χ0v) is 6.06. The number of hydrogen-bond donors (Lipinski definition) is 1. The maximum atomic E-state index is 10.7. The Morgan fingerprint density at radius 2 is 2.44 bits per heavy atom. The van der Waals surface area contributed by atoms with Gasteiger partial charge in [0.2, 0.25) is 0 Å². The summed E-state index contributed by atoms with van der Waals surface area (Å²) in [6.45, 7) is 1.73. The summed E-state index contributed by atoms with van der Waals surface area (Å²) in [5, 5.41) is 8.47. The molecule has 1 fully saturated rings. The summed E-state index contributed by atoms with van der Waals surface area (Å²) in [6.07, 6.45) is 0. The number of aliphatic hydroxyl groups is 1. The molecule has 0 aromatic rings. The largest absolute Gasteiger partial charge is 0.395 e. The molecule has 1 saturated heterocycles. The first kappa shape index (κ1) is 7.18. The van der Waals surface area contributed by atoms with E-state index < -0.39 is 10.8 Å². The molecule has 3 nitrogen and oxygen atoms in total. The monoisotopic (exact) mass is 149 g/mol. The van der Waals surface area contributed by atoms with Crippen molar-refractivity contribution in [1.82, 2.24) is 4.90 Å². The molecule has 1 atom stereocenters. The van der Waals surface area contributed by atoms with Crippen molar-refractivity contribution < 1.29 is 9.32 Å². The summed E-state index contributed by atoms with van der Waals surface area (Å²) >= 11 is 0. The highest BCUT2D eigenvalue weighted by molar-refractivity contribution is 7.85. The highest BCUT2D eigenvalue weighted by Gasteiger charge is 2.16. The zero-order chi connectivity index (χ0) is 6.69. The molecule has 0 aliphatic carbocycles. The van der Waals surface area contributed by atoms with Crippen LogP contribution in [0.1, 0.15) is 0 Å². The predicted octanol–water partition coefficient (Wildman–Crippen LogP) is -0.999. The van der Waals surface area contributed by atoms with Gasteiger partial charge in [0.1, 0.15) is 0 Å². The van der Waals surface area contributed by atoms with Crippen LogP contribution in [-0.4, -0.2) is 45.5 Å². The van der Waals surface area contributed by atoms with Crippen molar-refractivity contribution in [3.8, 4) is 0 Å². The van der Waals surface area contributed by atoms with Crippen LogP contribution in [0.25, 0.3) is 0 Å². The highest BCUT2D eigenvalue weighted by atomic mass is 32.2. The first-order valence-corrected chi connectivity index (χ1v) is 4.50. The highest BCUT2D eigenvalue weighted by Crippen LogP contribution is 2.00. The molecular formula is C5H11NO2S. The van der Waals surface area contributed by atoms with E-state index in [0.717, 1.165) is 12.3 Å². The van der Waals surface area contributed by atoms with Gasteiger partial charge in [0.05, 0.1) is 12.5 Å². The molecule has 1 N–H and O–H groups in total. The second-order valence-corrected chi connectivity index (χ2v) is 3.66. The van der Waals surface area contributed by atoms with Crippen LogP contribution in [-0.2, 0) is 10.8 Å². The van der Waals surface area contributed by atoms with E-state index in [4.69, 9.17) is 5.11 Å². The Kier molecular flexibility index (Phi) is 2.63. The average Bonchev–Trinajstić information content (AvgIpc) is 2.17. The van der Waals surface area contributed by atoms with Crippen molar-refractivity contribution in [2.24, 2.45) is 0 Å². The summed E-state index contributed by atoms with van der Waals surface area (Å²) in [7, 11) is -0.640. The molecule has 1 aliphatic heterocycles. The molecule has 1 rings (SSSR count). The van der Waals surface area contributed by atoms with Gasteiger partial charge < -0.3 is 5.11 Å². The average molecular weight is 149 g/mol. The van der Waals surface area contributed by atoms with Crippen molar-refractivity contribution in [2.75, 3.05) is 31.3 Å². The molecule has 0 saturated carbocycles. The second-order valence-electron chi connectivity index (χ2n) is 2.11. The summed E-state index contributed by atoms with van der Waals surface area (Å²) in [6, 6.07) is 0. The Labute approximate surface area is 57.1 Å². The molecule has 0 aromatic heterocycles. The van der Waals surface area contributed by atoms with Gasteiger partial charge in [-0.25, -0.2) is 0 Å². The van der Waals surface area contributed by atoms with E-state index in [2.05, 4.69) is 0 Å². The van der Waals surface area contributed by atoms with E-state index in [1.807, 2.05) is 4.90 Å². The first-order chi connectivity index (χ1) is 4.33. The molecule has 1 aliphatic rings. The molecule has 0 radical (unpaired) electrons. The fourth-order valence-electron chi connectivity index (χ4n) is 0.881. The third-order valence-electron chi connectivity index (χ3n) is 1.38. The van der Waals surface area contributed by atoms with Gasteiger partial charge in [-0.1, -0.05) is 0 Å². The fraction of sp³-hybridized carbons (Fsp3) is 1.00. The molecule has 1 unspecified atom stereocenters. The van der Waals surface area contributed by atoms with Gasteiger partial charge in [0.15, 0.2) is 0 Å². The van der Waals surface area contributed by atoms with Crippen LogP contribution < -0.4 is 0 Å². The molecule has 1 heterocycles. The molecule has 0 aromatic carbocycles. The number of β-amino-alcohol motifs (C(OH)–C–C–N with tert-alkyl or cyclic N) is 1. The second kappa shape index (κ2) is 3.29. The van der Waals surface area contributed by atoms with Gasteiger partial charge >= 0.3 is 0 Å². The Bertz CT molecular complexity index is 118. The van der Waals surface area contributed by atoms with Crippen LogP contribution in [0.5, 0.6) is 0 Å². The van der Waals surface area contributed by atoms with Crippen molar-refractivity contribution in [2.45, 2.75) is 0 Å². The normalized spacial score (nSPS) is 29.2. The summed E-state index contributed by atoms with van der Waals surface area (Å²) < 4.78 is 10.7. The summed E-state index contributed by atoms with van der Waals surface area (Å²) in [5.41, 5.74) is 0. The number of aliphatic hydroxyl groups excluding tert-OH is 1. The van der Waals surface area contributed by atoms with E-state index in [1.165, 1.54) is 0 Å². The van der Waals surface area contributed by atoms with Crippen molar-refractivity contribution >= 4 is 10.8 Å². The van der Waals surface area contributed by atoms with Crippen molar-refractivity contribution in [3.05, 3.63) is 0 Å². The third-order valence-corrected chi connectivity index (χ3v) is 2.67. The lowest BCUT2D eigenvalue weighted by molar-refractivity contribution is 0.227. The van der Waals surface area contributed by atoms with Crippen LogP contribution in [0.4, 0.5) is 0 Å². The topological polar surface area (TPSA) is 40.5 Å². The lowest BCUT2D eigenvalue weighted by Gasteiger charge is -2.09. The van der Waals surface area contributed by atoms with Crippen LogP contribution >= 0.6 is 0 Å². The maximum absolute atomic E-state index is 10.7. The van der Waals surface area contributed by atoms with Crippen molar-refractivity contribution in [1.29, 1.82) is 0 Å². The summed E-state index contributed by atoms with van der Waals surface area (Å²) in [4.78, 5) is 2.01. The standard InChI is InChI=1S/C5H11NO2S/c7-3-1-6-2-4-9(8)5-6/h7H,1-5H2. The quantitative estimate of drug-likeness (QED) is 0.547. The molecule has 0 bridgehead atoms. The SMILES string of the molecule is O=S1CCN(CCO)C1. The van der Waals surface area contributed by atoms with Gasteiger partial charge in [-0.15, -0.1) is 0 Å². The lowest BCUT2D eigenvalue weighted by Crippen LogP contribution is -2.23. The Hall–Kier alpha value is 0.0700. The Morgan fingerprint density at radius 3 is 2.89 bits per heavy atom. The Morgan fingerprint density at radius 1 is 1.67 bits per heavy atom. The number of rotatable bonds is 2. The van der Waals surface area contributed by atoms with Gasteiger partial charge in [-0.05, 0) is 0 Å². The van der Waals surface area contributed by atoms with E-state index in [9.17, 15) is 4.21 Å². The lowest BCUT2D eigenvalue weighted by atomic mass is 10.6. The van der Waals surface area contributed by atoms with Crippen LogP contribution in [0.3, 0.4) is 0 Å².